The Morgan fingerprint density at radius 3 is 2.65 bits per heavy atom. The predicted molar refractivity (Wildman–Crippen MR) is 86.1 cm³/mol. The van der Waals surface area contributed by atoms with Crippen LogP contribution in [-0.4, -0.2) is 23.8 Å². The maximum atomic E-state index is 12.6. The lowest BCUT2D eigenvalue weighted by atomic mass is 10.2. The molecule has 2 aromatic heterocycles. The van der Waals surface area contributed by atoms with E-state index in [1.54, 1.807) is 35.9 Å². The van der Waals surface area contributed by atoms with Gasteiger partial charge in [-0.15, -0.1) is 6.42 Å². The molecule has 3 aromatic rings. The molecule has 7 nitrogen and oxygen atoms in total. The molecule has 7 heteroatoms. The molecule has 116 valence electrons. The van der Waals surface area contributed by atoms with Gasteiger partial charge in [-0.2, -0.15) is 0 Å². The van der Waals surface area contributed by atoms with Gasteiger partial charge < -0.3 is 9.67 Å². The SMILES string of the molecule is C#CCn1c(=O)c2c(nc(-c3cccc(O)c3)n2C)n(C)c1=O. The van der Waals surface area contributed by atoms with Gasteiger partial charge in [0.2, 0.25) is 0 Å². The van der Waals surface area contributed by atoms with Gasteiger partial charge in [-0.25, -0.2) is 14.3 Å². The van der Waals surface area contributed by atoms with Crippen molar-refractivity contribution in [3.8, 4) is 29.5 Å². The second-order valence-corrected chi connectivity index (χ2v) is 5.15. The number of hydrogen-bond acceptors (Lipinski definition) is 4. The molecule has 0 atom stereocenters. The molecular weight excluding hydrogens is 296 g/mol. The molecule has 0 aliphatic carbocycles. The number of terminal acetylenes is 1. The fourth-order valence-electron chi connectivity index (χ4n) is 2.58. The standard InChI is InChI=1S/C16H14N4O3/c1-4-8-20-15(22)12-14(19(3)16(20)23)17-13(18(12)2)10-6-5-7-11(21)9-10/h1,5-7,9,21H,8H2,2-3H3. The van der Waals surface area contributed by atoms with Crippen molar-refractivity contribution in [2.75, 3.05) is 0 Å². The van der Waals surface area contributed by atoms with Gasteiger partial charge in [-0.05, 0) is 12.1 Å². The van der Waals surface area contributed by atoms with E-state index < -0.39 is 11.2 Å². The third kappa shape index (κ3) is 2.12. The van der Waals surface area contributed by atoms with Gasteiger partial charge in [-0.3, -0.25) is 9.36 Å². The Labute approximate surface area is 131 Å². The lowest BCUT2D eigenvalue weighted by Gasteiger charge is -2.05. The summed E-state index contributed by atoms with van der Waals surface area (Å²) in [6.45, 7) is -0.103. The number of rotatable bonds is 2. The Morgan fingerprint density at radius 1 is 1.26 bits per heavy atom. The summed E-state index contributed by atoms with van der Waals surface area (Å²) >= 11 is 0. The molecule has 2 heterocycles. The topological polar surface area (TPSA) is 82.1 Å². The number of aromatic hydroxyl groups is 1. The van der Waals surface area contributed by atoms with Crippen molar-refractivity contribution in [3.63, 3.8) is 0 Å². The highest BCUT2D eigenvalue weighted by molar-refractivity contribution is 5.77. The number of phenolic OH excluding ortho intramolecular Hbond substituents is 1. The first-order chi connectivity index (χ1) is 11.0. The average molecular weight is 310 g/mol. The third-order valence-electron chi connectivity index (χ3n) is 3.71. The smallest absolute Gasteiger partial charge is 0.333 e. The average Bonchev–Trinajstić information content (AvgIpc) is 2.87. The van der Waals surface area contributed by atoms with E-state index in [1.807, 2.05) is 0 Å². The monoisotopic (exact) mass is 310 g/mol. The van der Waals surface area contributed by atoms with Crippen molar-refractivity contribution >= 4 is 11.2 Å². The summed E-state index contributed by atoms with van der Waals surface area (Å²) in [4.78, 5) is 29.2. The van der Waals surface area contributed by atoms with Crippen LogP contribution in [-0.2, 0) is 20.6 Å². The minimum Gasteiger partial charge on any atom is -0.508 e. The molecule has 0 amide bonds. The first-order valence-corrected chi connectivity index (χ1v) is 6.84. The van der Waals surface area contributed by atoms with Gasteiger partial charge in [0.05, 0.1) is 6.54 Å². The van der Waals surface area contributed by atoms with E-state index >= 15 is 0 Å². The minimum absolute atomic E-state index is 0.0909. The van der Waals surface area contributed by atoms with Crippen LogP contribution in [0.5, 0.6) is 5.75 Å². The highest BCUT2D eigenvalue weighted by Gasteiger charge is 2.18. The second kappa shape index (κ2) is 5.18. The lowest BCUT2D eigenvalue weighted by molar-refractivity contribution is 0.475. The van der Waals surface area contributed by atoms with Crippen molar-refractivity contribution in [1.29, 1.82) is 0 Å². The van der Waals surface area contributed by atoms with Crippen LogP contribution in [0, 0.1) is 12.3 Å². The van der Waals surface area contributed by atoms with Crippen LogP contribution in [0.1, 0.15) is 0 Å². The number of aryl methyl sites for hydroxylation is 2. The largest absolute Gasteiger partial charge is 0.508 e. The predicted octanol–water partition coefficient (Wildman–Crippen LogP) is 0.439. The summed E-state index contributed by atoms with van der Waals surface area (Å²) in [6.07, 6.45) is 5.24. The number of hydrogen-bond donors (Lipinski definition) is 1. The van der Waals surface area contributed by atoms with E-state index in [0.717, 1.165) is 4.57 Å². The number of fused-ring (bicyclic) bond motifs is 1. The van der Waals surface area contributed by atoms with E-state index in [0.29, 0.717) is 11.4 Å². The van der Waals surface area contributed by atoms with Gasteiger partial charge in [0, 0.05) is 19.7 Å². The maximum absolute atomic E-state index is 12.6. The molecule has 0 bridgehead atoms. The van der Waals surface area contributed by atoms with Crippen LogP contribution in [0.15, 0.2) is 33.9 Å². The first-order valence-electron chi connectivity index (χ1n) is 6.84. The summed E-state index contributed by atoms with van der Waals surface area (Å²) in [6, 6.07) is 6.53. The summed E-state index contributed by atoms with van der Waals surface area (Å²) in [5, 5.41) is 9.63. The minimum atomic E-state index is -0.513. The van der Waals surface area contributed by atoms with Gasteiger partial charge in [-0.1, -0.05) is 18.1 Å². The molecule has 0 spiro atoms. The normalized spacial score (nSPS) is 10.8. The van der Waals surface area contributed by atoms with E-state index in [-0.39, 0.29) is 23.5 Å². The Bertz CT molecular complexity index is 1080. The number of nitrogens with zero attached hydrogens (tertiary/aromatic N) is 4. The molecule has 0 radical (unpaired) electrons. The van der Waals surface area contributed by atoms with Crippen LogP contribution < -0.4 is 11.2 Å². The first kappa shape index (κ1) is 14.7. The van der Waals surface area contributed by atoms with Gasteiger partial charge in [0.15, 0.2) is 11.2 Å². The van der Waals surface area contributed by atoms with E-state index in [2.05, 4.69) is 10.9 Å². The van der Waals surface area contributed by atoms with Crippen molar-refractivity contribution in [2.24, 2.45) is 14.1 Å². The Balaban J connectivity index is 2.43. The van der Waals surface area contributed by atoms with Gasteiger partial charge in [0.1, 0.15) is 11.6 Å². The molecule has 1 N–H and O–H groups in total. The quantitative estimate of drug-likeness (QED) is 0.696. The zero-order chi connectivity index (χ0) is 16.7. The van der Waals surface area contributed by atoms with Crippen molar-refractivity contribution in [2.45, 2.75) is 6.54 Å². The summed E-state index contributed by atoms with van der Waals surface area (Å²) < 4.78 is 3.88. The van der Waals surface area contributed by atoms with Gasteiger partial charge in [0.25, 0.3) is 5.56 Å². The van der Waals surface area contributed by atoms with Crippen LogP contribution in [0.25, 0.3) is 22.6 Å². The Morgan fingerprint density at radius 2 is 2.00 bits per heavy atom. The Kier molecular flexibility index (Phi) is 3.30. The molecule has 1 aromatic carbocycles. The highest BCUT2D eigenvalue weighted by atomic mass is 16.3. The third-order valence-corrected chi connectivity index (χ3v) is 3.71. The van der Waals surface area contributed by atoms with Crippen molar-refractivity contribution in [3.05, 3.63) is 45.1 Å². The second-order valence-electron chi connectivity index (χ2n) is 5.15. The number of phenols is 1. The van der Waals surface area contributed by atoms with Crippen LogP contribution in [0.2, 0.25) is 0 Å². The van der Waals surface area contributed by atoms with Gasteiger partial charge >= 0.3 is 5.69 Å². The van der Waals surface area contributed by atoms with Crippen molar-refractivity contribution in [1.82, 2.24) is 18.7 Å². The summed E-state index contributed by atoms with van der Waals surface area (Å²) in [5.41, 5.74) is 0.192. The van der Waals surface area contributed by atoms with E-state index in [1.165, 1.54) is 11.6 Å². The van der Waals surface area contributed by atoms with Crippen LogP contribution in [0.3, 0.4) is 0 Å². The molecule has 0 aliphatic rings. The van der Waals surface area contributed by atoms with E-state index in [4.69, 9.17) is 6.42 Å². The molecule has 23 heavy (non-hydrogen) atoms. The van der Waals surface area contributed by atoms with Crippen LogP contribution >= 0.6 is 0 Å². The van der Waals surface area contributed by atoms with Crippen LogP contribution in [0.4, 0.5) is 0 Å². The number of imidazole rings is 1. The molecule has 0 unspecified atom stereocenters. The number of aromatic nitrogens is 4. The molecule has 3 rings (SSSR count). The fraction of sp³-hybridized carbons (Fsp3) is 0.188. The molecule has 0 fully saturated rings. The number of benzene rings is 1. The molecular formula is C16H14N4O3. The molecule has 0 saturated carbocycles. The van der Waals surface area contributed by atoms with Crippen molar-refractivity contribution < 1.29 is 5.11 Å². The summed E-state index contributed by atoms with van der Waals surface area (Å²) in [7, 11) is 3.22. The zero-order valence-electron chi connectivity index (χ0n) is 12.6. The van der Waals surface area contributed by atoms with E-state index in [9.17, 15) is 14.7 Å². The highest BCUT2D eigenvalue weighted by Crippen LogP contribution is 2.24. The molecule has 0 saturated heterocycles. The summed E-state index contributed by atoms with van der Waals surface area (Å²) in [5.74, 6) is 2.87. The maximum Gasteiger partial charge on any atom is 0.333 e. The lowest BCUT2D eigenvalue weighted by Crippen LogP contribution is -2.39. The molecule has 0 aliphatic heterocycles. The fourth-order valence-corrected chi connectivity index (χ4v) is 2.58. The zero-order valence-corrected chi connectivity index (χ0v) is 12.6. The Hall–Kier alpha value is -3.27.